The summed E-state index contributed by atoms with van der Waals surface area (Å²) in [6, 6.07) is 9.17. The van der Waals surface area contributed by atoms with Gasteiger partial charge < -0.3 is 14.3 Å². The van der Waals surface area contributed by atoms with Gasteiger partial charge in [-0.05, 0) is 23.8 Å². The van der Waals surface area contributed by atoms with Gasteiger partial charge in [0.1, 0.15) is 22.7 Å². The first kappa shape index (κ1) is 15.1. The molecule has 116 valence electrons. The van der Waals surface area contributed by atoms with E-state index in [0.29, 0.717) is 11.5 Å². The normalized spacial score (nSPS) is 11.0. The number of thiazole rings is 1. The molecule has 1 aromatic carbocycles. The third-order valence-corrected chi connectivity index (χ3v) is 3.94. The number of carboxylic acids is 1. The van der Waals surface area contributed by atoms with Crippen molar-refractivity contribution in [2.24, 2.45) is 0 Å². The summed E-state index contributed by atoms with van der Waals surface area (Å²) in [4.78, 5) is 15.3. The molecular weight excluding hydrogens is 314 g/mol. The summed E-state index contributed by atoms with van der Waals surface area (Å²) >= 11 is 1.45. The minimum atomic E-state index is -1.02. The summed E-state index contributed by atoms with van der Waals surface area (Å²) in [5.74, 6) is 0.219. The van der Waals surface area contributed by atoms with Crippen molar-refractivity contribution >= 4 is 29.5 Å². The van der Waals surface area contributed by atoms with Crippen LogP contribution in [0.25, 0.3) is 23.6 Å². The summed E-state index contributed by atoms with van der Waals surface area (Å²) in [5.41, 5.74) is 1.74. The van der Waals surface area contributed by atoms with Crippen LogP contribution in [0.4, 0.5) is 0 Å². The van der Waals surface area contributed by atoms with Crippen molar-refractivity contribution in [2.45, 2.75) is 0 Å². The van der Waals surface area contributed by atoms with Crippen LogP contribution in [0.2, 0.25) is 0 Å². The summed E-state index contributed by atoms with van der Waals surface area (Å²) < 4.78 is 10.4. The Bertz CT molecular complexity index is 863. The lowest BCUT2D eigenvalue weighted by Gasteiger charge is -1.99. The van der Waals surface area contributed by atoms with E-state index in [1.165, 1.54) is 23.7 Å². The topological polar surface area (TPSA) is 72.6 Å². The highest BCUT2D eigenvalue weighted by atomic mass is 32.1. The van der Waals surface area contributed by atoms with E-state index in [4.69, 9.17) is 14.3 Å². The average Bonchev–Trinajstić information content (AvgIpc) is 3.22. The number of furan rings is 1. The maximum Gasteiger partial charge on any atom is 0.338 e. The summed E-state index contributed by atoms with van der Waals surface area (Å²) in [6.45, 7) is 0. The lowest BCUT2D eigenvalue weighted by atomic mass is 10.2. The molecule has 0 saturated carbocycles. The molecule has 0 spiro atoms. The van der Waals surface area contributed by atoms with Gasteiger partial charge in [0.25, 0.3) is 0 Å². The fourth-order valence-corrected chi connectivity index (χ4v) is 2.67. The Kier molecular flexibility index (Phi) is 4.25. The van der Waals surface area contributed by atoms with Gasteiger partial charge in [-0.3, -0.25) is 0 Å². The third-order valence-electron chi connectivity index (χ3n) is 3.13. The molecule has 0 unspecified atom stereocenters. The lowest BCUT2D eigenvalue weighted by molar-refractivity contribution is 0.0696. The standard InChI is InChI=1S/C17H13NO4S/c1-21-13-4-2-3-11(7-13)5-6-16-18-14(10-23-16)15-8-12(9-22-15)17(19)20/h2-10H,1H3,(H,19,20)/b6-5+. The van der Waals surface area contributed by atoms with Gasteiger partial charge in [-0.1, -0.05) is 18.2 Å². The first-order chi connectivity index (χ1) is 11.2. The molecular formula is C17H13NO4S. The number of rotatable bonds is 5. The predicted octanol–water partition coefficient (Wildman–Crippen LogP) is 4.28. The van der Waals surface area contributed by atoms with Crippen LogP contribution in [-0.2, 0) is 0 Å². The molecule has 3 aromatic rings. The Hall–Kier alpha value is -2.86. The van der Waals surface area contributed by atoms with Crippen molar-refractivity contribution in [1.82, 2.24) is 4.98 Å². The molecule has 0 amide bonds. The zero-order valence-electron chi connectivity index (χ0n) is 12.2. The zero-order chi connectivity index (χ0) is 16.2. The van der Waals surface area contributed by atoms with Gasteiger partial charge in [-0.15, -0.1) is 11.3 Å². The molecule has 2 heterocycles. The van der Waals surface area contributed by atoms with E-state index in [1.54, 1.807) is 7.11 Å². The number of hydrogen-bond acceptors (Lipinski definition) is 5. The van der Waals surface area contributed by atoms with Crippen LogP contribution in [0.1, 0.15) is 20.9 Å². The molecule has 0 aliphatic carbocycles. The van der Waals surface area contributed by atoms with Gasteiger partial charge in [0.15, 0.2) is 5.76 Å². The van der Waals surface area contributed by atoms with Gasteiger partial charge in [-0.25, -0.2) is 9.78 Å². The second-order valence-corrected chi connectivity index (χ2v) is 5.58. The number of aromatic carboxylic acids is 1. The highest BCUT2D eigenvalue weighted by Crippen LogP contribution is 2.25. The number of carboxylic acid groups (broad SMARTS) is 1. The molecule has 3 rings (SSSR count). The second-order valence-electron chi connectivity index (χ2n) is 4.69. The van der Waals surface area contributed by atoms with Gasteiger partial charge in [-0.2, -0.15) is 0 Å². The van der Waals surface area contributed by atoms with Crippen molar-refractivity contribution in [3.05, 3.63) is 58.1 Å². The zero-order valence-corrected chi connectivity index (χ0v) is 13.0. The van der Waals surface area contributed by atoms with Crippen LogP contribution in [0, 0.1) is 0 Å². The number of benzene rings is 1. The van der Waals surface area contributed by atoms with E-state index in [-0.39, 0.29) is 5.56 Å². The van der Waals surface area contributed by atoms with Gasteiger partial charge in [0, 0.05) is 11.4 Å². The maximum absolute atomic E-state index is 10.9. The monoisotopic (exact) mass is 327 g/mol. The van der Waals surface area contributed by atoms with Gasteiger partial charge in [0.05, 0.1) is 12.7 Å². The fourth-order valence-electron chi connectivity index (χ4n) is 1.97. The Balaban J connectivity index is 1.78. The third kappa shape index (κ3) is 3.49. The summed E-state index contributed by atoms with van der Waals surface area (Å²) in [6.07, 6.45) is 5.04. The number of ether oxygens (including phenoxy) is 1. The molecule has 0 atom stereocenters. The molecule has 23 heavy (non-hydrogen) atoms. The van der Waals surface area contributed by atoms with Crippen molar-refractivity contribution in [3.8, 4) is 17.2 Å². The highest BCUT2D eigenvalue weighted by Gasteiger charge is 2.12. The van der Waals surface area contributed by atoms with E-state index in [2.05, 4.69) is 4.98 Å². The minimum Gasteiger partial charge on any atom is -0.497 e. The Morgan fingerprint density at radius 3 is 2.96 bits per heavy atom. The van der Waals surface area contributed by atoms with Crippen molar-refractivity contribution in [2.75, 3.05) is 7.11 Å². The largest absolute Gasteiger partial charge is 0.497 e. The Labute approximate surface area is 136 Å². The molecule has 2 aromatic heterocycles. The molecule has 0 radical (unpaired) electrons. The van der Waals surface area contributed by atoms with Crippen LogP contribution >= 0.6 is 11.3 Å². The number of aromatic nitrogens is 1. The van der Waals surface area contributed by atoms with Gasteiger partial charge in [0.2, 0.25) is 0 Å². The van der Waals surface area contributed by atoms with Crippen LogP contribution in [-0.4, -0.2) is 23.2 Å². The maximum atomic E-state index is 10.9. The Morgan fingerprint density at radius 1 is 1.35 bits per heavy atom. The second kappa shape index (κ2) is 6.50. The SMILES string of the molecule is COc1cccc(/C=C/c2nc(-c3cc(C(=O)O)co3)cs2)c1. The van der Waals surface area contributed by atoms with E-state index in [1.807, 2.05) is 41.8 Å². The quantitative estimate of drug-likeness (QED) is 0.757. The number of hydrogen-bond donors (Lipinski definition) is 1. The molecule has 0 saturated heterocycles. The number of methoxy groups -OCH3 is 1. The number of nitrogens with zero attached hydrogens (tertiary/aromatic N) is 1. The van der Waals surface area contributed by atoms with Crippen molar-refractivity contribution in [1.29, 1.82) is 0 Å². The van der Waals surface area contributed by atoms with Crippen LogP contribution in [0.5, 0.6) is 5.75 Å². The highest BCUT2D eigenvalue weighted by molar-refractivity contribution is 7.10. The van der Waals surface area contributed by atoms with E-state index < -0.39 is 5.97 Å². The van der Waals surface area contributed by atoms with Crippen molar-refractivity contribution < 1.29 is 19.1 Å². The molecule has 5 nitrogen and oxygen atoms in total. The Morgan fingerprint density at radius 2 is 2.22 bits per heavy atom. The first-order valence-corrected chi connectivity index (χ1v) is 7.63. The molecule has 0 aliphatic heterocycles. The average molecular weight is 327 g/mol. The minimum absolute atomic E-state index is 0.112. The number of carbonyl (C=O) groups is 1. The van der Waals surface area contributed by atoms with Crippen LogP contribution < -0.4 is 4.74 Å². The van der Waals surface area contributed by atoms with E-state index >= 15 is 0 Å². The molecule has 1 N–H and O–H groups in total. The first-order valence-electron chi connectivity index (χ1n) is 6.75. The van der Waals surface area contributed by atoms with Crippen molar-refractivity contribution in [3.63, 3.8) is 0 Å². The summed E-state index contributed by atoms with van der Waals surface area (Å²) in [5, 5.41) is 11.5. The van der Waals surface area contributed by atoms with Crippen LogP contribution in [0.3, 0.4) is 0 Å². The predicted molar refractivity (Wildman–Crippen MR) is 88.7 cm³/mol. The smallest absolute Gasteiger partial charge is 0.338 e. The molecule has 0 aliphatic rings. The van der Waals surface area contributed by atoms with E-state index in [9.17, 15) is 4.79 Å². The van der Waals surface area contributed by atoms with E-state index in [0.717, 1.165) is 16.3 Å². The molecule has 0 fully saturated rings. The molecule has 0 bridgehead atoms. The lowest BCUT2D eigenvalue weighted by Crippen LogP contribution is -1.91. The molecule has 6 heteroatoms. The summed E-state index contributed by atoms with van der Waals surface area (Å²) in [7, 11) is 1.63. The van der Waals surface area contributed by atoms with Gasteiger partial charge >= 0.3 is 5.97 Å². The fraction of sp³-hybridized carbons (Fsp3) is 0.0588. The van der Waals surface area contributed by atoms with Crippen LogP contribution in [0.15, 0.2) is 46.4 Å².